The Kier molecular flexibility index (Phi) is 5.00. The summed E-state index contributed by atoms with van der Waals surface area (Å²) < 4.78 is 39.2. The Morgan fingerprint density at radius 1 is 1.00 bits per heavy atom. The topological polar surface area (TPSA) is 66.4 Å². The second-order valence-corrected chi connectivity index (χ2v) is 4.82. The van der Waals surface area contributed by atoms with Gasteiger partial charge in [0.05, 0.1) is 5.56 Å². The number of hydrogen-bond donors (Lipinski definition) is 2. The summed E-state index contributed by atoms with van der Waals surface area (Å²) in [5, 5.41) is 11.3. The Labute approximate surface area is 129 Å². The normalized spacial score (nSPS) is 11.8. The Hall–Kier alpha value is -2.83. The number of carbonyl (C=O) groups excluding carboxylic acids is 1. The summed E-state index contributed by atoms with van der Waals surface area (Å²) in [7, 11) is 0. The van der Waals surface area contributed by atoms with Gasteiger partial charge in [-0.05, 0) is 29.8 Å². The third kappa shape index (κ3) is 4.32. The van der Waals surface area contributed by atoms with E-state index in [4.69, 9.17) is 5.11 Å². The highest BCUT2D eigenvalue weighted by Crippen LogP contribution is 2.11. The van der Waals surface area contributed by atoms with Crippen molar-refractivity contribution in [3.63, 3.8) is 0 Å². The number of hydrogen-bond acceptors (Lipinski definition) is 2. The molecule has 0 saturated heterocycles. The number of aliphatic carboxylic acids is 1. The Morgan fingerprint density at radius 3 is 2.17 bits per heavy atom. The van der Waals surface area contributed by atoms with Crippen molar-refractivity contribution in [2.75, 3.05) is 0 Å². The predicted molar refractivity (Wildman–Crippen MR) is 75.4 cm³/mol. The number of benzene rings is 2. The maximum Gasteiger partial charge on any atom is 0.326 e. The van der Waals surface area contributed by atoms with Gasteiger partial charge in [0.1, 0.15) is 23.5 Å². The molecular formula is C16H12F3NO3. The molecule has 0 aliphatic carbocycles. The molecule has 1 atom stereocenters. The van der Waals surface area contributed by atoms with Crippen LogP contribution in [0.25, 0.3) is 0 Å². The summed E-state index contributed by atoms with van der Waals surface area (Å²) in [5.74, 6) is -4.71. The van der Waals surface area contributed by atoms with E-state index in [-0.39, 0.29) is 6.42 Å². The summed E-state index contributed by atoms with van der Waals surface area (Å²) in [4.78, 5) is 23.2. The van der Waals surface area contributed by atoms with Gasteiger partial charge in [-0.3, -0.25) is 4.79 Å². The number of halogens is 3. The lowest BCUT2D eigenvalue weighted by Crippen LogP contribution is -2.42. The second-order valence-electron chi connectivity index (χ2n) is 4.82. The third-order valence-electron chi connectivity index (χ3n) is 3.13. The van der Waals surface area contributed by atoms with Crippen LogP contribution in [0.2, 0.25) is 0 Å². The van der Waals surface area contributed by atoms with Gasteiger partial charge >= 0.3 is 5.97 Å². The molecule has 0 spiro atoms. The molecule has 1 amide bonds. The lowest BCUT2D eigenvalue weighted by molar-refractivity contribution is -0.139. The van der Waals surface area contributed by atoms with E-state index in [0.717, 1.165) is 24.3 Å². The molecule has 2 rings (SSSR count). The monoisotopic (exact) mass is 323 g/mol. The summed E-state index contributed by atoms with van der Waals surface area (Å²) in [5.41, 5.74) is 0.0236. The van der Waals surface area contributed by atoms with Gasteiger partial charge in [-0.2, -0.15) is 0 Å². The van der Waals surface area contributed by atoms with E-state index in [1.165, 1.54) is 12.1 Å². The summed E-state index contributed by atoms with van der Waals surface area (Å²) in [6, 6.07) is 6.12. The van der Waals surface area contributed by atoms with Crippen molar-refractivity contribution in [1.82, 2.24) is 5.32 Å². The predicted octanol–water partition coefficient (Wildman–Crippen LogP) is 2.53. The van der Waals surface area contributed by atoms with E-state index >= 15 is 0 Å². The van der Waals surface area contributed by atoms with E-state index in [2.05, 4.69) is 5.32 Å². The molecule has 4 nitrogen and oxygen atoms in total. The standard InChI is InChI=1S/C16H12F3NO3/c17-10-3-1-9(2-4-10)7-14(16(22)23)20-15(21)12-6-5-11(18)8-13(12)19/h1-6,8,14H,7H2,(H,20,21)(H,22,23)/t14-/m0/s1. The highest BCUT2D eigenvalue weighted by molar-refractivity contribution is 5.96. The minimum atomic E-state index is -1.34. The van der Waals surface area contributed by atoms with Crippen molar-refractivity contribution in [2.45, 2.75) is 12.5 Å². The van der Waals surface area contributed by atoms with E-state index in [0.29, 0.717) is 11.6 Å². The molecule has 0 unspecified atom stereocenters. The van der Waals surface area contributed by atoms with Crippen LogP contribution >= 0.6 is 0 Å². The minimum absolute atomic E-state index is 0.107. The van der Waals surface area contributed by atoms with Crippen molar-refractivity contribution < 1.29 is 27.9 Å². The minimum Gasteiger partial charge on any atom is -0.480 e. The lowest BCUT2D eigenvalue weighted by atomic mass is 10.1. The van der Waals surface area contributed by atoms with Crippen LogP contribution in [0.4, 0.5) is 13.2 Å². The molecule has 0 bridgehead atoms. The van der Waals surface area contributed by atoms with Gasteiger partial charge in [0.25, 0.3) is 5.91 Å². The molecule has 0 fully saturated rings. The fourth-order valence-corrected chi connectivity index (χ4v) is 1.97. The molecule has 0 aliphatic rings. The zero-order valence-electron chi connectivity index (χ0n) is 11.7. The zero-order chi connectivity index (χ0) is 17.0. The van der Waals surface area contributed by atoms with E-state index < -0.39 is 40.9 Å². The van der Waals surface area contributed by atoms with Crippen LogP contribution in [0.15, 0.2) is 42.5 Å². The SMILES string of the molecule is O=C(N[C@@H](Cc1ccc(F)cc1)C(=O)O)c1ccc(F)cc1F. The van der Waals surface area contributed by atoms with Gasteiger partial charge in [-0.25, -0.2) is 18.0 Å². The first kappa shape index (κ1) is 16.5. The maximum atomic E-state index is 13.5. The number of nitrogens with one attached hydrogen (secondary N) is 1. The molecule has 0 radical (unpaired) electrons. The maximum absolute atomic E-state index is 13.5. The van der Waals surface area contributed by atoms with E-state index in [9.17, 15) is 22.8 Å². The van der Waals surface area contributed by atoms with Crippen LogP contribution in [0.1, 0.15) is 15.9 Å². The molecule has 2 aromatic rings. The molecule has 0 heterocycles. The van der Waals surface area contributed by atoms with Crippen molar-refractivity contribution in [3.8, 4) is 0 Å². The van der Waals surface area contributed by atoms with Gasteiger partial charge in [-0.15, -0.1) is 0 Å². The van der Waals surface area contributed by atoms with Crippen LogP contribution < -0.4 is 5.32 Å². The van der Waals surface area contributed by atoms with Crippen LogP contribution in [0.3, 0.4) is 0 Å². The molecule has 0 saturated carbocycles. The Bertz CT molecular complexity index is 732. The van der Waals surface area contributed by atoms with Gasteiger partial charge in [0, 0.05) is 12.5 Å². The average Bonchev–Trinajstić information content (AvgIpc) is 2.48. The number of carboxylic acid groups (broad SMARTS) is 1. The summed E-state index contributed by atoms with van der Waals surface area (Å²) in [6.07, 6.45) is -0.107. The van der Waals surface area contributed by atoms with Gasteiger partial charge in [-0.1, -0.05) is 12.1 Å². The average molecular weight is 323 g/mol. The number of carbonyl (C=O) groups is 2. The summed E-state index contributed by atoms with van der Waals surface area (Å²) in [6.45, 7) is 0. The van der Waals surface area contributed by atoms with Gasteiger partial charge in [0.15, 0.2) is 0 Å². The van der Waals surface area contributed by atoms with Crippen LogP contribution in [0, 0.1) is 17.5 Å². The number of amides is 1. The molecule has 7 heteroatoms. The Balaban J connectivity index is 2.14. The lowest BCUT2D eigenvalue weighted by Gasteiger charge is -2.15. The van der Waals surface area contributed by atoms with Crippen LogP contribution in [-0.2, 0) is 11.2 Å². The first-order valence-corrected chi connectivity index (χ1v) is 6.60. The highest BCUT2D eigenvalue weighted by atomic mass is 19.1. The smallest absolute Gasteiger partial charge is 0.326 e. The van der Waals surface area contributed by atoms with Crippen LogP contribution in [-0.4, -0.2) is 23.0 Å². The summed E-state index contributed by atoms with van der Waals surface area (Å²) >= 11 is 0. The Morgan fingerprint density at radius 2 is 1.61 bits per heavy atom. The third-order valence-corrected chi connectivity index (χ3v) is 3.13. The number of rotatable bonds is 5. The van der Waals surface area contributed by atoms with Crippen molar-refractivity contribution in [3.05, 3.63) is 71.0 Å². The molecule has 2 aromatic carbocycles. The second kappa shape index (κ2) is 6.95. The van der Waals surface area contributed by atoms with E-state index in [1.807, 2.05) is 0 Å². The first-order chi connectivity index (χ1) is 10.9. The van der Waals surface area contributed by atoms with Crippen molar-refractivity contribution in [2.24, 2.45) is 0 Å². The van der Waals surface area contributed by atoms with Crippen LogP contribution in [0.5, 0.6) is 0 Å². The fourth-order valence-electron chi connectivity index (χ4n) is 1.97. The number of carboxylic acids is 1. The fraction of sp³-hybridized carbons (Fsp3) is 0.125. The molecule has 0 aromatic heterocycles. The van der Waals surface area contributed by atoms with Gasteiger partial charge in [0.2, 0.25) is 0 Å². The largest absolute Gasteiger partial charge is 0.480 e. The van der Waals surface area contributed by atoms with E-state index in [1.54, 1.807) is 0 Å². The molecule has 0 aliphatic heterocycles. The molecular weight excluding hydrogens is 311 g/mol. The highest BCUT2D eigenvalue weighted by Gasteiger charge is 2.22. The zero-order valence-corrected chi connectivity index (χ0v) is 11.7. The quantitative estimate of drug-likeness (QED) is 0.888. The van der Waals surface area contributed by atoms with Crippen molar-refractivity contribution in [1.29, 1.82) is 0 Å². The first-order valence-electron chi connectivity index (χ1n) is 6.60. The van der Waals surface area contributed by atoms with Gasteiger partial charge < -0.3 is 10.4 Å². The molecule has 23 heavy (non-hydrogen) atoms. The molecule has 2 N–H and O–H groups in total. The molecule has 120 valence electrons. The van der Waals surface area contributed by atoms with Crippen molar-refractivity contribution >= 4 is 11.9 Å².